The van der Waals surface area contributed by atoms with Crippen LogP contribution in [-0.4, -0.2) is 86.9 Å². The zero-order valence-electron chi connectivity index (χ0n) is 21.9. The van der Waals surface area contributed by atoms with Crippen molar-refractivity contribution in [2.75, 3.05) is 29.9 Å². The van der Waals surface area contributed by atoms with E-state index >= 15 is 0 Å². The van der Waals surface area contributed by atoms with Crippen LogP contribution < -0.4 is 31.4 Å². The molecule has 0 spiro atoms. The fourth-order valence-corrected chi connectivity index (χ4v) is 6.60. The number of carboxylic acids is 2. The first-order valence-electron chi connectivity index (χ1n) is 12.6. The second kappa shape index (κ2) is 12.1. The number of rotatable bonds is 11. The van der Waals surface area contributed by atoms with E-state index in [-0.39, 0.29) is 33.2 Å². The van der Waals surface area contributed by atoms with Crippen LogP contribution >= 0.6 is 34.7 Å². The summed E-state index contributed by atoms with van der Waals surface area (Å²) in [6, 6.07) is 3.03. The van der Waals surface area contributed by atoms with Crippen LogP contribution in [0.5, 0.6) is 0 Å². The van der Waals surface area contributed by atoms with Crippen molar-refractivity contribution in [2.45, 2.75) is 37.0 Å². The van der Waals surface area contributed by atoms with Crippen molar-refractivity contribution < 1.29 is 38.8 Å². The van der Waals surface area contributed by atoms with E-state index in [1.165, 1.54) is 18.7 Å². The minimum absolute atomic E-state index is 0.00486. The molecule has 5 rings (SSSR count). The van der Waals surface area contributed by atoms with E-state index in [0.29, 0.717) is 11.6 Å². The Bertz CT molecular complexity index is 1490. The van der Waals surface area contributed by atoms with Crippen molar-refractivity contribution >= 4 is 75.0 Å². The number of aliphatic carboxylic acids is 2. The molecule has 2 amide bonds. The second-order valence-electron chi connectivity index (χ2n) is 9.56. The Morgan fingerprint density at radius 3 is 2.67 bits per heavy atom. The van der Waals surface area contributed by atoms with Gasteiger partial charge in [0.05, 0.1) is 17.7 Å². The number of fused-ring (bicyclic) bond motifs is 1. The number of nitrogens with one attached hydrogen (secondary N) is 3. The van der Waals surface area contributed by atoms with Gasteiger partial charge < -0.3 is 41.5 Å². The number of carbonyl (C=O) groups is 4. The van der Waals surface area contributed by atoms with Crippen molar-refractivity contribution in [3.63, 3.8) is 0 Å². The van der Waals surface area contributed by atoms with Gasteiger partial charge in [0.25, 0.3) is 11.8 Å². The number of amides is 2. The number of carbonyl (C=O) groups excluding carboxylic acids is 3. The normalized spacial score (nSPS) is 21.1. The SMILES string of the molecule is C[C@H](O/N=C(\C(=O)N[C@@H]1C(=O)N2C(C(=O)[O-])=C(C[n+]3ccc(NC4CNC4)cc3)CS[C@H]12)c1nc(N)sc1Cl)C(=O)O. The van der Waals surface area contributed by atoms with Gasteiger partial charge >= 0.3 is 5.97 Å². The van der Waals surface area contributed by atoms with E-state index in [0.717, 1.165) is 35.0 Å². The summed E-state index contributed by atoms with van der Waals surface area (Å²) in [4.78, 5) is 59.7. The van der Waals surface area contributed by atoms with Gasteiger partial charge in [-0.05, 0) is 6.92 Å². The summed E-state index contributed by atoms with van der Waals surface area (Å²) in [5.41, 5.74) is 6.20. The number of anilines is 2. The van der Waals surface area contributed by atoms with Crippen LogP contribution in [0.1, 0.15) is 12.6 Å². The number of hydrogen-bond donors (Lipinski definition) is 5. The molecule has 3 atom stereocenters. The Morgan fingerprint density at radius 2 is 2.10 bits per heavy atom. The lowest BCUT2D eigenvalue weighted by atomic mass is 10.0. The highest BCUT2D eigenvalue weighted by Crippen LogP contribution is 2.40. The summed E-state index contributed by atoms with van der Waals surface area (Å²) in [6.45, 7) is 3.19. The predicted molar refractivity (Wildman–Crippen MR) is 150 cm³/mol. The Balaban J connectivity index is 1.31. The van der Waals surface area contributed by atoms with E-state index in [1.807, 2.05) is 24.5 Å². The molecule has 0 saturated carbocycles. The van der Waals surface area contributed by atoms with Gasteiger partial charge in [-0.2, -0.15) is 0 Å². The zero-order chi connectivity index (χ0) is 30.1. The third kappa shape index (κ3) is 5.99. The Hall–Kier alpha value is -3.93. The molecule has 0 unspecified atom stereocenters. The molecule has 18 heteroatoms. The molecule has 5 heterocycles. The van der Waals surface area contributed by atoms with Crippen LogP contribution in [0.15, 0.2) is 41.0 Å². The molecule has 0 bridgehead atoms. The van der Waals surface area contributed by atoms with Crippen LogP contribution in [0.4, 0.5) is 10.8 Å². The average Bonchev–Trinajstić information content (AvgIpc) is 3.26. The maximum Gasteiger partial charge on any atom is 0.347 e. The van der Waals surface area contributed by atoms with Gasteiger partial charge in [0.2, 0.25) is 6.10 Å². The van der Waals surface area contributed by atoms with Gasteiger partial charge in [0, 0.05) is 42.2 Å². The predicted octanol–water partition coefficient (Wildman–Crippen LogP) is -1.65. The minimum Gasteiger partial charge on any atom is -0.543 e. The first-order valence-corrected chi connectivity index (χ1v) is 14.8. The summed E-state index contributed by atoms with van der Waals surface area (Å²) < 4.78 is 1.80. The van der Waals surface area contributed by atoms with Crippen LogP contribution in [0.3, 0.4) is 0 Å². The van der Waals surface area contributed by atoms with Crippen molar-refractivity contribution in [3.05, 3.63) is 45.8 Å². The van der Waals surface area contributed by atoms with Crippen LogP contribution in [-0.2, 0) is 30.6 Å². The number of thioether (sulfide) groups is 1. The third-order valence-corrected chi connectivity index (χ3v) is 9.06. The van der Waals surface area contributed by atoms with Crippen molar-refractivity contribution in [1.82, 2.24) is 20.5 Å². The number of halogens is 1. The summed E-state index contributed by atoms with van der Waals surface area (Å²) >= 11 is 8.27. The van der Waals surface area contributed by atoms with Gasteiger partial charge in [-0.15, -0.1) is 11.8 Å². The van der Waals surface area contributed by atoms with Gasteiger partial charge in [-0.1, -0.05) is 28.1 Å². The Kier molecular flexibility index (Phi) is 8.53. The molecular formula is C24H25ClN8O7S2. The number of thiazole rings is 1. The number of nitrogens with two attached hydrogens (primary N) is 1. The van der Waals surface area contributed by atoms with Crippen LogP contribution in [0.2, 0.25) is 4.34 Å². The maximum absolute atomic E-state index is 13.2. The van der Waals surface area contributed by atoms with E-state index < -0.39 is 47.0 Å². The number of hydrogen-bond acceptors (Lipinski definition) is 13. The monoisotopic (exact) mass is 636 g/mol. The molecular weight excluding hydrogens is 612 g/mol. The fraction of sp³-hybridized carbons (Fsp3) is 0.375. The van der Waals surface area contributed by atoms with Crippen molar-refractivity contribution in [1.29, 1.82) is 0 Å². The standard InChI is InChI=1S/C24H25ClN8O7S2/c1-10(22(36)37)40-31-15(14-18(25)42-24(26)30-14)19(34)29-16-20(35)33-17(23(38)39)11(9-41-21(16)33)8-32-4-2-12(3-5-32)28-13-6-27-7-13/h2-5,10,13,16,21,27H,6-9H2,1H3,(H5,26,29,30,34,36,37,38,39)/b31-15-/t10-,16+,21+/m0/s1. The summed E-state index contributed by atoms with van der Waals surface area (Å²) in [5.74, 6) is -4.18. The van der Waals surface area contributed by atoms with Crippen molar-refractivity contribution in [2.24, 2.45) is 5.16 Å². The Labute approximate surface area is 251 Å². The molecule has 2 aromatic rings. The topological polar surface area (TPSA) is 215 Å². The summed E-state index contributed by atoms with van der Waals surface area (Å²) in [7, 11) is 0. The molecule has 0 radical (unpaired) electrons. The molecule has 3 aliphatic rings. The number of carboxylic acid groups (broad SMARTS) is 2. The fourth-order valence-electron chi connectivity index (χ4n) is 4.34. The second-order valence-corrected chi connectivity index (χ2v) is 12.3. The average molecular weight is 637 g/mol. The van der Waals surface area contributed by atoms with Crippen LogP contribution in [0.25, 0.3) is 0 Å². The minimum atomic E-state index is -1.51. The lowest BCUT2D eigenvalue weighted by Gasteiger charge is -2.50. The largest absolute Gasteiger partial charge is 0.543 e. The number of oxime groups is 1. The van der Waals surface area contributed by atoms with Gasteiger partial charge in [0.1, 0.15) is 21.4 Å². The van der Waals surface area contributed by atoms with E-state index in [1.54, 1.807) is 4.57 Å². The van der Waals surface area contributed by atoms with E-state index in [2.05, 4.69) is 26.1 Å². The van der Waals surface area contributed by atoms with Crippen molar-refractivity contribution in [3.8, 4) is 0 Å². The summed E-state index contributed by atoms with van der Waals surface area (Å²) in [6.07, 6.45) is 2.23. The molecule has 2 fully saturated rings. The number of nitrogens with zero attached hydrogens (tertiary/aromatic N) is 4. The van der Waals surface area contributed by atoms with Gasteiger partial charge in [-0.25, -0.2) is 14.3 Å². The molecule has 2 aromatic heterocycles. The molecule has 42 heavy (non-hydrogen) atoms. The van der Waals surface area contributed by atoms with E-state index in [9.17, 15) is 24.3 Å². The number of β-lactam (4-membered cyclic amide) rings is 1. The molecule has 15 nitrogen and oxygen atoms in total. The summed E-state index contributed by atoms with van der Waals surface area (Å²) in [5, 5.41) is 33.3. The number of pyridine rings is 1. The molecule has 3 aliphatic heterocycles. The Morgan fingerprint density at radius 1 is 1.38 bits per heavy atom. The van der Waals surface area contributed by atoms with Gasteiger partial charge in [0.15, 0.2) is 29.8 Å². The molecule has 222 valence electrons. The number of aromatic nitrogens is 2. The first-order chi connectivity index (χ1) is 20.0. The molecule has 6 N–H and O–H groups in total. The molecule has 2 saturated heterocycles. The zero-order valence-corrected chi connectivity index (χ0v) is 24.3. The quantitative estimate of drug-likeness (QED) is 0.0811. The molecule has 0 aromatic carbocycles. The molecule has 0 aliphatic carbocycles. The highest BCUT2D eigenvalue weighted by molar-refractivity contribution is 8.00. The highest BCUT2D eigenvalue weighted by atomic mass is 35.5. The number of nitrogen functional groups attached to an aromatic ring is 1. The van der Waals surface area contributed by atoms with Gasteiger partial charge in [-0.3, -0.25) is 14.5 Å². The highest BCUT2D eigenvalue weighted by Gasteiger charge is 2.53. The maximum atomic E-state index is 13.2. The van der Waals surface area contributed by atoms with Crippen LogP contribution in [0, 0.1) is 0 Å². The smallest absolute Gasteiger partial charge is 0.347 e. The third-order valence-electron chi connectivity index (χ3n) is 6.64. The first kappa shape index (κ1) is 29.6. The lowest BCUT2D eigenvalue weighted by Crippen LogP contribution is -2.71. The van der Waals surface area contributed by atoms with E-state index in [4.69, 9.17) is 27.3 Å². The lowest BCUT2D eigenvalue weighted by molar-refractivity contribution is -0.689.